The van der Waals surface area contributed by atoms with Gasteiger partial charge in [0.2, 0.25) is 5.91 Å². The van der Waals surface area contributed by atoms with E-state index in [2.05, 4.69) is 10.2 Å². The molecule has 2 rings (SSSR count). The van der Waals surface area contributed by atoms with E-state index >= 15 is 0 Å². The molecule has 0 heterocycles. The molecule has 0 aromatic heterocycles. The highest BCUT2D eigenvalue weighted by molar-refractivity contribution is 5.93. The highest BCUT2D eigenvalue weighted by Gasteiger charge is 2.23. The second kappa shape index (κ2) is 7.05. The van der Waals surface area contributed by atoms with Crippen molar-refractivity contribution in [1.82, 2.24) is 4.90 Å². The highest BCUT2D eigenvalue weighted by atomic mass is 16.2. The second-order valence-electron chi connectivity index (χ2n) is 6.30. The van der Waals surface area contributed by atoms with E-state index in [1.807, 2.05) is 39.1 Å². The fraction of sp³-hybridized carbons (Fsp3) is 0.588. The van der Waals surface area contributed by atoms with E-state index in [1.165, 1.54) is 0 Å². The van der Waals surface area contributed by atoms with Crippen molar-refractivity contribution < 1.29 is 4.79 Å². The van der Waals surface area contributed by atoms with Crippen LogP contribution in [0.1, 0.15) is 36.8 Å². The van der Waals surface area contributed by atoms with Gasteiger partial charge in [-0.25, -0.2) is 0 Å². The molecule has 4 heteroatoms. The number of para-hydroxylation sites is 1. The first-order valence-electron chi connectivity index (χ1n) is 7.79. The molecule has 116 valence electrons. The number of likely N-dealkylation sites (N-methyl/N-ethyl adjacent to an activating group) is 1. The highest BCUT2D eigenvalue weighted by Crippen LogP contribution is 2.22. The summed E-state index contributed by atoms with van der Waals surface area (Å²) in [7, 11) is 2.03. The van der Waals surface area contributed by atoms with Crippen molar-refractivity contribution in [3.63, 3.8) is 0 Å². The number of nitrogens with one attached hydrogen (secondary N) is 1. The topological polar surface area (TPSA) is 58.4 Å². The van der Waals surface area contributed by atoms with Crippen LogP contribution in [-0.4, -0.2) is 36.5 Å². The number of amides is 1. The van der Waals surface area contributed by atoms with E-state index < -0.39 is 0 Å². The number of nitrogens with zero attached hydrogens (tertiary/aromatic N) is 1. The zero-order valence-electron chi connectivity index (χ0n) is 13.4. The van der Waals surface area contributed by atoms with Crippen molar-refractivity contribution in [2.75, 3.05) is 18.9 Å². The number of benzene rings is 1. The number of carbonyl (C=O) groups excluding carboxylic acids is 1. The maximum absolute atomic E-state index is 12.3. The zero-order valence-corrected chi connectivity index (χ0v) is 13.4. The van der Waals surface area contributed by atoms with Gasteiger partial charge in [-0.15, -0.1) is 0 Å². The fourth-order valence-corrected chi connectivity index (χ4v) is 3.09. The van der Waals surface area contributed by atoms with Crippen LogP contribution in [0.5, 0.6) is 0 Å². The molecule has 4 nitrogen and oxygen atoms in total. The van der Waals surface area contributed by atoms with E-state index in [4.69, 9.17) is 5.73 Å². The van der Waals surface area contributed by atoms with E-state index in [1.54, 1.807) is 0 Å². The van der Waals surface area contributed by atoms with E-state index in [-0.39, 0.29) is 5.91 Å². The van der Waals surface area contributed by atoms with Crippen molar-refractivity contribution in [3.05, 3.63) is 29.3 Å². The molecule has 1 fully saturated rings. The molecule has 1 amide bonds. The third-order valence-electron chi connectivity index (χ3n) is 4.50. The molecule has 0 atom stereocenters. The summed E-state index contributed by atoms with van der Waals surface area (Å²) in [4.78, 5) is 14.4. The maximum atomic E-state index is 12.3. The molecular weight excluding hydrogens is 262 g/mol. The van der Waals surface area contributed by atoms with Crippen LogP contribution < -0.4 is 11.1 Å². The molecule has 1 aromatic carbocycles. The quantitative estimate of drug-likeness (QED) is 0.895. The lowest BCUT2D eigenvalue weighted by molar-refractivity contribution is -0.117. The summed E-state index contributed by atoms with van der Waals surface area (Å²) in [6.07, 6.45) is 4.31. The molecule has 0 saturated heterocycles. The van der Waals surface area contributed by atoms with Gasteiger partial charge in [-0.05, 0) is 57.7 Å². The van der Waals surface area contributed by atoms with Crippen LogP contribution in [0.4, 0.5) is 5.69 Å². The summed E-state index contributed by atoms with van der Waals surface area (Å²) in [5, 5.41) is 3.05. The first-order valence-corrected chi connectivity index (χ1v) is 7.79. The zero-order chi connectivity index (χ0) is 15.4. The number of hydrogen-bond donors (Lipinski definition) is 2. The molecule has 0 radical (unpaired) electrons. The standard InChI is InChI=1S/C17H27N3O/c1-12-5-4-6-13(2)17(12)19-16(21)11-20(3)15-9-7-14(18)8-10-15/h4-6,14-15H,7-11,18H2,1-3H3,(H,19,21). The van der Waals surface area contributed by atoms with Crippen molar-refractivity contribution in [2.45, 2.75) is 51.6 Å². The van der Waals surface area contributed by atoms with Crippen LogP contribution >= 0.6 is 0 Å². The molecule has 0 unspecified atom stereocenters. The molecule has 0 bridgehead atoms. The van der Waals surface area contributed by atoms with Gasteiger partial charge in [-0.3, -0.25) is 9.69 Å². The predicted molar refractivity (Wildman–Crippen MR) is 87.4 cm³/mol. The minimum atomic E-state index is 0.0600. The Morgan fingerprint density at radius 1 is 1.24 bits per heavy atom. The average Bonchev–Trinajstić information content (AvgIpc) is 2.43. The third-order valence-corrected chi connectivity index (χ3v) is 4.50. The Balaban J connectivity index is 1.89. The Hall–Kier alpha value is -1.39. The Bertz CT molecular complexity index is 473. The average molecular weight is 289 g/mol. The van der Waals surface area contributed by atoms with E-state index in [9.17, 15) is 4.79 Å². The van der Waals surface area contributed by atoms with Crippen molar-refractivity contribution in [3.8, 4) is 0 Å². The molecule has 1 aliphatic rings. The number of hydrogen-bond acceptors (Lipinski definition) is 3. The van der Waals surface area contributed by atoms with Crippen molar-refractivity contribution in [1.29, 1.82) is 0 Å². The third kappa shape index (κ3) is 4.29. The number of rotatable bonds is 4. The molecule has 1 saturated carbocycles. The van der Waals surface area contributed by atoms with Crippen LogP contribution in [0, 0.1) is 13.8 Å². The lowest BCUT2D eigenvalue weighted by atomic mass is 9.91. The van der Waals surface area contributed by atoms with Gasteiger partial charge < -0.3 is 11.1 Å². The number of carbonyl (C=O) groups is 1. The monoisotopic (exact) mass is 289 g/mol. The van der Waals surface area contributed by atoms with Gasteiger partial charge in [0.15, 0.2) is 0 Å². The van der Waals surface area contributed by atoms with Gasteiger partial charge in [0.1, 0.15) is 0 Å². The number of nitrogens with two attached hydrogens (primary N) is 1. The van der Waals surface area contributed by atoms with Gasteiger partial charge in [-0.2, -0.15) is 0 Å². The molecule has 1 aromatic rings. The summed E-state index contributed by atoms with van der Waals surface area (Å²) in [5.74, 6) is 0.0600. The molecule has 1 aliphatic carbocycles. The largest absolute Gasteiger partial charge is 0.328 e. The minimum Gasteiger partial charge on any atom is -0.328 e. The van der Waals surface area contributed by atoms with Crippen LogP contribution in [0.3, 0.4) is 0 Å². The Morgan fingerprint density at radius 2 is 1.81 bits per heavy atom. The van der Waals surface area contributed by atoms with Crippen LogP contribution in [0.25, 0.3) is 0 Å². The van der Waals surface area contributed by atoms with E-state index in [0.29, 0.717) is 18.6 Å². The Labute approximate surface area is 127 Å². The summed E-state index contributed by atoms with van der Waals surface area (Å²) >= 11 is 0. The van der Waals surface area contributed by atoms with Gasteiger partial charge in [0, 0.05) is 17.8 Å². The van der Waals surface area contributed by atoms with Crippen molar-refractivity contribution in [2.24, 2.45) is 5.73 Å². The van der Waals surface area contributed by atoms with E-state index in [0.717, 1.165) is 42.5 Å². The molecule has 0 spiro atoms. The summed E-state index contributed by atoms with van der Waals surface area (Å²) in [6.45, 7) is 4.48. The lowest BCUT2D eigenvalue weighted by Crippen LogP contribution is -2.42. The first kappa shape index (κ1) is 16.0. The van der Waals surface area contributed by atoms with Gasteiger partial charge >= 0.3 is 0 Å². The molecule has 21 heavy (non-hydrogen) atoms. The summed E-state index contributed by atoms with van der Waals surface area (Å²) in [5.41, 5.74) is 9.09. The maximum Gasteiger partial charge on any atom is 0.238 e. The normalized spacial score (nSPS) is 22.3. The predicted octanol–water partition coefficient (Wildman–Crippen LogP) is 2.44. The van der Waals surface area contributed by atoms with Gasteiger partial charge in [0.05, 0.1) is 6.54 Å². The molecular formula is C17H27N3O. The van der Waals surface area contributed by atoms with Crippen molar-refractivity contribution >= 4 is 11.6 Å². The van der Waals surface area contributed by atoms with Crippen LogP contribution in [0.15, 0.2) is 18.2 Å². The smallest absolute Gasteiger partial charge is 0.238 e. The minimum absolute atomic E-state index is 0.0600. The summed E-state index contributed by atoms with van der Waals surface area (Å²) in [6, 6.07) is 6.88. The van der Waals surface area contributed by atoms with Gasteiger partial charge in [-0.1, -0.05) is 18.2 Å². The Kier molecular flexibility index (Phi) is 5.37. The Morgan fingerprint density at radius 3 is 2.38 bits per heavy atom. The summed E-state index contributed by atoms with van der Waals surface area (Å²) < 4.78 is 0. The lowest BCUT2D eigenvalue weighted by Gasteiger charge is -2.33. The van der Waals surface area contributed by atoms with Crippen LogP contribution in [-0.2, 0) is 4.79 Å². The second-order valence-corrected chi connectivity index (χ2v) is 6.30. The number of anilines is 1. The van der Waals surface area contributed by atoms with Gasteiger partial charge in [0.25, 0.3) is 0 Å². The number of aryl methyl sites for hydroxylation is 2. The fourth-order valence-electron chi connectivity index (χ4n) is 3.09. The molecule has 3 N–H and O–H groups in total. The first-order chi connectivity index (χ1) is 9.97. The SMILES string of the molecule is Cc1cccc(C)c1NC(=O)CN(C)C1CCC(N)CC1. The molecule has 0 aliphatic heterocycles. The van der Waals surface area contributed by atoms with Crippen LogP contribution in [0.2, 0.25) is 0 Å².